The van der Waals surface area contributed by atoms with Gasteiger partial charge in [0.05, 0.1) is 19.2 Å². The lowest BCUT2D eigenvalue weighted by Gasteiger charge is -2.35. The highest BCUT2D eigenvalue weighted by Crippen LogP contribution is 2.24. The smallest absolute Gasteiger partial charge is 0.226 e. The normalized spacial score (nSPS) is 15.1. The minimum atomic E-state index is -0.0285. The number of aromatic nitrogens is 1. The monoisotopic (exact) mass is 371 g/mol. The number of carbonyl (C=O) groups is 1. The molecule has 2 heterocycles. The molecule has 1 amide bonds. The van der Waals surface area contributed by atoms with Gasteiger partial charge in [-0.05, 0) is 71.0 Å². The number of benzene rings is 1. The molecule has 0 spiro atoms. The van der Waals surface area contributed by atoms with E-state index in [1.54, 1.807) is 7.11 Å². The highest BCUT2D eigenvalue weighted by molar-refractivity contribution is 5.78. The molecule has 1 aromatic carbocycles. The second kappa shape index (κ2) is 8.13. The van der Waals surface area contributed by atoms with Crippen LogP contribution in [0.15, 0.2) is 28.7 Å². The van der Waals surface area contributed by atoms with Gasteiger partial charge in [0.1, 0.15) is 11.5 Å². The second-order valence-corrected chi connectivity index (χ2v) is 7.71. The standard InChI is InChI=1S/C21H29N3O3/c1-15-18(23-20(27-15)16-7-9-17(26-4)10-8-16)13-19(25)22-14-21(2,3)24-11-5-6-12-24/h7-10H,5-6,11-14H2,1-4H3,(H,22,25). The van der Waals surface area contributed by atoms with Gasteiger partial charge in [-0.3, -0.25) is 9.69 Å². The topological polar surface area (TPSA) is 67.6 Å². The molecule has 1 N–H and O–H groups in total. The lowest BCUT2D eigenvalue weighted by atomic mass is 10.0. The molecule has 146 valence electrons. The van der Waals surface area contributed by atoms with Crippen molar-refractivity contribution in [2.75, 3.05) is 26.7 Å². The summed E-state index contributed by atoms with van der Waals surface area (Å²) >= 11 is 0. The van der Waals surface area contributed by atoms with Crippen molar-refractivity contribution >= 4 is 5.91 Å². The number of oxazole rings is 1. The molecule has 1 fully saturated rings. The van der Waals surface area contributed by atoms with Gasteiger partial charge in [0, 0.05) is 17.6 Å². The lowest BCUT2D eigenvalue weighted by Crippen LogP contribution is -2.50. The summed E-state index contributed by atoms with van der Waals surface area (Å²) in [4.78, 5) is 19.4. The maximum absolute atomic E-state index is 12.4. The van der Waals surface area contributed by atoms with Crippen LogP contribution in [0.4, 0.5) is 0 Å². The Labute approximate surface area is 160 Å². The van der Waals surface area contributed by atoms with E-state index in [1.165, 1.54) is 12.8 Å². The molecule has 27 heavy (non-hydrogen) atoms. The zero-order chi connectivity index (χ0) is 19.4. The first-order valence-corrected chi connectivity index (χ1v) is 9.51. The lowest BCUT2D eigenvalue weighted by molar-refractivity contribution is -0.121. The summed E-state index contributed by atoms with van der Waals surface area (Å²) < 4.78 is 10.9. The van der Waals surface area contributed by atoms with Crippen LogP contribution in [-0.2, 0) is 11.2 Å². The highest BCUT2D eigenvalue weighted by Gasteiger charge is 2.29. The summed E-state index contributed by atoms with van der Waals surface area (Å²) in [6.45, 7) is 9.06. The third kappa shape index (κ3) is 4.69. The fourth-order valence-electron chi connectivity index (χ4n) is 3.41. The Bertz CT molecular complexity index is 774. The SMILES string of the molecule is COc1ccc(-c2nc(CC(=O)NCC(C)(C)N3CCCC3)c(C)o2)cc1. The number of rotatable bonds is 7. The van der Waals surface area contributed by atoms with Crippen LogP contribution >= 0.6 is 0 Å². The van der Waals surface area contributed by atoms with Crippen molar-refractivity contribution in [1.29, 1.82) is 0 Å². The van der Waals surface area contributed by atoms with Gasteiger partial charge in [-0.15, -0.1) is 0 Å². The van der Waals surface area contributed by atoms with Gasteiger partial charge in [-0.25, -0.2) is 4.98 Å². The Morgan fingerprint density at radius 3 is 2.56 bits per heavy atom. The number of hydrogen-bond acceptors (Lipinski definition) is 5. The summed E-state index contributed by atoms with van der Waals surface area (Å²) in [5, 5.41) is 3.06. The first-order valence-electron chi connectivity index (χ1n) is 9.51. The molecule has 6 nitrogen and oxygen atoms in total. The van der Waals surface area contributed by atoms with Crippen molar-refractivity contribution in [2.24, 2.45) is 0 Å². The molecule has 0 saturated carbocycles. The number of amides is 1. The summed E-state index contributed by atoms with van der Waals surface area (Å²) in [5.41, 5.74) is 1.51. The Balaban J connectivity index is 1.60. The molecule has 3 rings (SSSR count). The van der Waals surface area contributed by atoms with Gasteiger partial charge in [0.15, 0.2) is 0 Å². The first kappa shape index (κ1) is 19.4. The Hall–Kier alpha value is -2.34. The van der Waals surface area contributed by atoms with E-state index in [0.717, 1.165) is 24.4 Å². The molecule has 1 aliphatic heterocycles. The molecule has 1 aromatic heterocycles. The zero-order valence-corrected chi connectivity index (χ0v) is 16.7. The predicted octanol–water partition coefficient (Wildman–Crippen LogP) is 3.19. The van der Waals surface area contributed by atoms with Gasteiger partial charge in [-0.1, -0.05) is 0 Å². The fraction of sp³-hybridized carbons (Fsp3) is 0.524. The van der Waals surface area contributed by atoms with E-state index in [4.69, 9.17) is 9.15 Å². The van der Waals surface area contributed by atoms with E-state index in [0.29, 0.717) is 23.9 Å². The maximum Gasteiger partial charge on any atom is 0.226 e. The maximum atomic E-state index is 12.4. The van der Waals surface area contributed by atoms with Gasteiger partial charge in [0.25, 0.3) is 0 Å². The van der Waals surface area contributed by atoms with Crippen LogP contribution in [0.1, 0.15) is 38.1 Å². The van der Waals surface area contributed by atoms with Crippen LogP contribution in [-0.4, -0.2) is 48.1 Å². The average Bonchev–Trinajstić information content (AvgIpc) is 3.31. The van der Waals surface area contributed by atoms with Crippen molar-refractivity contribution in [2.45, 2.75) is 45.6 Å². The van der Waals surface area contributed by atoms with E-state index < -0.39 is 0 Å². The number of hydrogen-bond donors (Lipinski definition) is 1. The second-order valence-electron chi connectivity index (χ2n) is 7.71. The third-order valence-corrected chi connectivity index (χ3v) is 5.24. The molecule has 0 aliphatic carbocycles. The third-order valence-electron chi connectivity index (χ3n) is 5.24. The highest BCUT2D eigenvalue weighted by atomic mass is 16.5. The fourth-order valence-corrected chi connectivity index (χ4v) is 3.41. The molecule has 0 radical (unpaired) electrons. The average molecular weight is 371 g/mol. The van der Waals surface area contributed by atoms with Gasteiger partial charge in [-0.2, -0.15) is 0 Å². The van der Waals surface area contributed by atoms with Gasteiger partial charge in [0.2, 0.25) is 11.8 Å². The Morgan fingerprint density at radius 2 is 1.93 bits per heavy atom. The van der Waals surface area contributed by atoms with Crippen LogP contribution in [0.5, 0.6) is 5.75 Å². The number of nitrogens with zero attached hydrogens (tertiary/aromatic N) is 2. The molecule has 2 aromatic rings. The summed E-state index contributed by atoms with van der Waals surface area (Å²) in [6, 6.07) is 7.52. The molecule has 0 atom stereocenters. The van der Waals surface area contributed by atoms with Crippen molar-refractivity contribution < 1.29 is 13.9 Å². The van der Waals surface area contributed by atoms with Crippen LogP contribution < -0.4 is 10.1 Å². The van der Waals surface area contributed by atoms with Crippen molar-refractivity contribution in [3.8, 4) is 17.2 Å². The van der Waals surface area contributed by atoms with Crippen LogP contribution in [0, 0.1) is 6.92 Å². The largest absolute Gasteiger partial charge is 0.497 e. The zero-order valence-electron chi connectivity index (χ0n) is 16.7. The molecule has 0 unspecified atom stereocenters. The van der Waals surface area contributed by atoms with Crippen LogP contribution in [0.25, 0.3) is 11.5 Å². The Kier molecular flexibility index (Phi) is 5.85. The van der Waals surface area contributed by atoms with E-state index in [1.807, 2.05) is 31.2 Å². The molecule has 6 heteroatoms. The van der Waals surface area contributed by atoms with Crippen LogP contribution in [0.3, 0.4) is 0 Å². The van der Waals surface area contributed by atoms with Crippen LogP contribution in [0.2, 0.25) is 0 Å². The number of nitrogens with one attached hydrogen (secondary N) is 1. The minimum Gasteiger partial charge on any atom is -0.497 e. The number of ether oxygens (including phenoxy) is 1. The number of likely N-dealkylation sites (tertiary alicyclic amines) is 1. The first-order chi connectivity index (χ1) is 12.9. The minimum absolute atomic E-state index is 0.0278. The Morgan fingerprint density at radius 1 is 1.26 bits per heavy atom. The summed E-state index contributed by atoms with van der Waals surface area (Å²) in [6.07, 6.45) is 2.70. The van der Waals surface area contributed by atoms with Crippen molar-refractivity contribution in [1.82, 2.24) is 15.2 Å². The number of carbonyl (C=O) groups excluding carboxylic acids is 1. The quantitative estimate of drug-likeness (QED) is 0.810. The molecular weight excluding hydrogens is 342 g/mol. The van der Waals surface area contributed by atoms with E-state index in [-0.39, 0.29) is 17.9 Å². The van der Waals surface area contributed by atoms with E-state index in [9.17, 15) is 4.79 Å². The summed E-state index contributed by atoms with van der Waals surface area (Å²) in [5.74, 6) is 1.95. The van der Waals surface area contributed by atoms with E-state index in [2.05, 4.69) is 29.0 Å². The number of methoxy groups -OCH3 is 1. The van der Waals surface area contributed by atoms with Crippen molar-refractivity contribution in [3.05, 3.63) is 35.7 Å². The van der Waals surface area contributed by atoms with Gasteiger partial charge >= 0.3 is 0 Å². The van der Waals surface area contributed by atoms with Gasteiger partial charge < -0.3 is 14.5 Å². The predicted molar refractivity (Wildman–Crippen MR) is 105 cm³/mol. The molecule has 1 aliphatic rings. The number of aryl methyl sites for hydroxylation is 1. The molecule has 1 saturated heterocycles. The molecular formula is C21H29N3O3. The van der Waals surface area contributed by atoms with Crippen molar-refractivity contribution in [3.63, 3.8) is 0 Å². The summed E-state index contributed by atoms with van der Waals surface area (Å²) in [7, 11) is 1.63. The van der Waals surface area contributed by atoms with E-state index >= 15 is 0 Å². The molecule has 0 bridgehead atoms.